The maximum Gasteiger partial charge on any atom is 0.246 e. The summed E-state index contributed by atoms with van der Waals surface area (Å²) in [5.74, 6) is 1.01. The molecule has 2 atom stereocenters. The van der Waals surface area contributed by atoms with Crippen LogP contribution in [0.1, 0.15) is 13.3 Å². The van der Waals surface area contributed by atoms with Crippen LogP contribution in [0.2, 0.25) is 0 Å². The van der Waals surface area contributed by atoms with Crippen molar-refractivity contribution in [2.24, 2.45) is 5.92 Å². The van der Waals surface area contributed by atoms with Gasteiger partial charge in [0.2, 0.25) is 11.9 Å². The number of fused-ring (bicyclic) bond motifs is 1. The van der Waals surface area contributed by atoms with Crippen LogP contribution in [0.5, 0.6) is 0 Å². The molecule has 2 aromatic rings. The highest BCUT2D eigenvalue weighted by molar-refractivity contribution is 5.87. The first kappa shape index (κ1) is 13.6. The predicted molar refractivity (Wildman–Crippen MR) is 81.9 cm³/mol. The molecule has 0 radical (unpaired) electrons. The molecule has 0 saturated carbocycles. The molecule has 6 heteroatoms. The van der Waals surface area contributed by atoms with Crippen LogP contribution in [-0.2, 0) is 4.79 Å². The highest BCUT2D eigenvalue weighted by atomic mass is 16.2. The van der Waals surface area contributed by atoms with Crippen LogP contribution in [0, 0.1) is 5.92 Å². The molecule has 0 spiro atoms. The molecular weight excluding hydrogens is 266 g/mol. The zero-order valence-electron chi connectivity index (χ0n) is 12.0. The van der Waals surface area contributed by atoms with E-state index in [2.05, 4.69) is 33.8 Å². The number of amides is 1. The van der Waals surface area contributed by atoms with Gasteiger partial charge in [-0.05, 0) is 24.5 Å². The number of rotatable bonds is 3. The van der Waals surface area contributed by atoms with E-state index >= 15 is 0 Å². The van der Waals surface area contributed by atoms with Crippen LogP contribution < -0.4 is 5.32 Å². The zero-order valence-corrected chi connectivity index (χ0v) is 12.0. The van der Waals surface area contributed by atoms with Crippen molar-refractivity contribution in [2.75, 3.05) is 18.4 Å². The molecule has 21 heavy (non-hydrogen) atoms. The maximum atomic E-state index is 11.8. The summed E-state index contributed by atoms with van der Waals surface area (Å²) < 4.78 is 0. The van der Waals surface area contributed by atoms with Crippen molar-refractivity contribution in [3.63, 3.8) is 0 Å². The van der Waals surface area contributed by atoms with Crippen molar-refractivity contribution >= 4 is 22.9 Å². The number of aromatic amines is 1. The van der Waals surface area contributed by atoms with Crippen molar-refractivity contribution in [3.8, 4) is 0 Å². The van der Waals surface area contributed by atoms with E-state index in [0.29, 0.717) is 18.4 Å². The number of carbonyl (C=O) groups excluding carboxylic acids is 1. The van der Waals surface area contributed by atoms with Gasteiger partial charge in [-0.1, -0.05) is 13.5 Å². The minimum atomic E-state index is -0.0194. The summed E-state index contributed by atoms with van der Waals surface area (Å²) >= 11 is 0. The topological polar surface area (TPSA) is 73.9 Å². The summed E-state index contributed by atoms with van der Waals surface area (Å²) in [6.07, 6.45) is 6.00. The minimum Gasteiger partial charge on any atom is -0.350 e. The van der Waals surface area contributed by atoms with Crippen molar-refractivity contribution in [1.29, 1.82) is 0 Å². The van der Waals surface area contributed by atoms with Crippen LogP contribution >= 0.6 is 0 Å². The lowest BCUT2D eigenvalue weighted by molar-refractivity contribution is -0.127. The number of hydrogen-bond acceptors (Lipinski definition) is 4. The number of anilines is 1. The lowest BCUT2D eigenvalue weighted by Crippen LogP contribution is -2.47. The SMILES string of the molecule is C=CC(=O)N1C[C@H](C)C[C@@H](Nc2ncc3cc[nH]c3n2)C1. The number of piperidine rings is 1. The number of H-pyrrole nitrogens is 1. The van der Waals surface area contributed by atoms with E-state index < -0.39 is 0 Å². The Kier molecular flexibility index (Phi) is 3.60. The molecule has 0 aliphatic carbocycles. The quantitative estimate of drug-likeness (QED) is 0.843. The highest BCUT2D eigenvalue weighted by Crippen LogP contribution is 2.20. The summed E-state index contributed by atoms with van der Waals surface area (Å²) in [4.78, 5) is 25.5. The Morgan fingerprint density at radius 2 is 2.43 bits per heavy atom. The summed E-state index contributed by atoms with van der Waals surface area (Å²) in [7, 11) is 0. The fraction of sp³-hybridized carbons (Fsp3) is 0.400. The number of hydrogen-bond donors (Lipinski definition) is 2. The lowest BCUT2D eigenvalue weighted by Gasteiger charge is -2.36. The van der Waals surface area contributed by atoms with Gasteiger partial charge < -0.3 is 15.2 Å². The van der Waals surface area contributed by atoms with Crippen molar-refractivity contribution in [2.45, 2.75) is 19.4 Å². The average molecular weight is 285 g/mol. The fourth-order valence-electron chi connectivity index (χ4n) is 2.86. The largest absolute Gasteiger partial charge is 0.350 e. The van der Waals surface area contributed by atoms with Gasteiger partial charge in [0.25, 0.3) is 0 Å². The third kappa shape index (κ3) is 2.89. The lowest BCUT2D eigenvalue weighted by atomic mass is 9.96. The Labute approximate surface area is 123 Å². The first-order valence-corrected chi connectivity index (χ1v) is 7.13. The normalized spacial score (nSPS) is 22.2. The molecule has 0 aromatic carbocycles. The van der Waals surface area contributed by atoms with Gasteiger partial charge >= 0.3 is 0 Å². The second-order valence-electron chi connectivity index (χ2n) is 5.60. The van der Waals surface area contributed by atoms with Crippen LogP contribution in [-0.4, -0.2) is 44.9 Å². The third-order valence-corrected chi connectivity index (χ3v) is 3.78. The Morgan fingerprint density at radius 1 is 1.57 bits per heavy atom. The van der Waals surface area contributed by atoms with E-state index in [0.717, 1.165) is 24.0 Å². The first-order chi connectivity index (χ1) is 10.2. The molecule has 0 unspecified atom stereocenters. The van der Waals surface area contributed by atoms with Gasteiger partial charge in [-0.15, -0.1) is 0 Å². The molecule has 2 aromatic heterocycles. The van der Waals surface area contributed by atoms with E-state index in [-0.39, 0.29) is 11.9 Å². The molecule has 110 valence electrons. The Morgan fingerprint density at radius 3 is 3.24 bits per heavy atom. The van der Waals surface area contributed by atoms with Crippen molar-refractivity contribution < 1.29 is 4.79 Å². The highest BCUT2D eigenvalue weighted by Gasteiger charge is 2.27. The molecule has 1 aliphatic heterocycles. The monoisotopic (exact) mass is 285 g/mol. The molecule has 2 N–H and O–H groups in total. The average Bonchev–Trinajstić information content (AvgIpc) is 2.93. The predicted octanol–water partition coefficient (Wildman–Crippen LogP) is 1.79. The fourth-order valence-corrected chi connectivity index (χ4v) is 2.86. The van der Waals surface area contributed by atoms with Gasteiger partial charge in [0, 0.05) is 36.9 Å². The number of carbonyl (C=O) groups is 1. The second kappa shape index (κ2) is 5.55. The van der Waals surface area contributed by atoms with Crippen molar-refractivity contribution in [1.82, 2.24) is 19.9 Å². The summed E-state index contributed by atoms with van der Waals surface area (Å²) in [5, 5.41) is 4.32. The molecule has 1 fully saturated rings. The number of aromatic nitrogens is 3. The van der Waals surface area contributed by atoms with Gasteiger partial charge in [-0.2, -0.15) is 4.98 Å². The van der Waals surface area contributed by atoms with Crippen LogP contribution in [0.3, 0.4) is 0 Å². The van der Waals surface area contributed by atoms with E-state index in [9.17, 15) is 4.79 Å². The molecule has 1 amide bonds. The van der Waals surface area contributed by atoms with Gasteiger partial charge in [0.05, 0.1) is 0 Å². The van der Waals surface area contributed by atoms with E-state index in [1.54, 1.807) is 6.20 Å². The summed E-state index contributed by atoms with van der Waals surface area (Å²) in [6.45, 7) is 7.13. The van der Waals surface area contributed by atoms with E-state index in [1.165, 1.54) is 6.08 Å². The number of nitrogens with one attached hydrogen (secondary N) is 2. The van der Waals surface area contributed by atoms with Crippen LogP contribution in [0.25, 0.3) is 11.0 Å². The number of likely N-dealkylation sites (tertiary alicyclic amines) is 1. The maximum absolute atomic E-state index is 11.8. The third-order valence-electron chi connectivity index (χ3n) is 3.78. The molecule has 0 bridgehead atoms. The molecule has 1 saturated heterocycles. The standard InChI is InChI=1S/C15H19N5O/c1-3-13(21)20-8-10(2)6-12(9-20)18-15-17-7-11-4-5-16-14(11)19-15/h3-5,7,10,12H,1,6,8-9H2,2H3,(H2,16,17,18,19)/t10-,12-/m1/s1. The molecular formula is C15H19N5O. The van der Waals surface area contributed by atoms with Crippen molar-refractivity contribution in [3.05, 3.63) is 31.1 Å². The van der Waals surface area contributed by atoms with Gasteiger partial charge in [0.15, 0.2) is 0 Å². The zero-order chi connectivity index (χ0) is 14.8. The smallest absolute Gasteiger partial charge is 0.246 e. The van der Waals surface area contributed by atoms with Crippen LogP contribution in [0.15, 0.2) is 31.1 Å². The first-order valence-electron chi connectivity index (χ1n) is 7.13. The van der Waals surface area contributed by atoms with E-state index in [1.807, 2.05) is 17.2 Å². The molecule has 3 rings (SSSR count). The Hall–Kier alpha value is -2.37. The van der Waals surface area contributed by atoms with Gasteiger partial charge in [0.1, 0.15) is 5.65 Å². The second-order valence-corrected chi connectivity index (χ2v) is 5.60. The molecule has 1 aliphatic rings. The number of nitrogens with zero attached hydrogens (tertiary/aromatic N) is 3. The van der Waals surface area contributed by atoms with Gasteiger partial charge in [-0.3, -0.25) is 4.79 Å². The summed E-state index contributed by atoms with van der Waals surface area (Å²) in [5.41, 5.74) is 0.815. The summed E-state index contributed by atoms with van der Waals surface area (Å²) in [6, 6.07) is 2.09. The van der Waals surface area contributed by atoms with E-state index in [4.69, 9.17) is 0 Å². The molecule has 3 heterocycles. The minimum absolute atomic E-state index is 0.0194. The van der Waals surface area contributed by atoms with Gasteiger partial charge in [-0.25, -0.2) is 4.98 Å². The molecule has 6 nitrogen and oxygen atoms in total. The Balaban J connectivity index is 1.73. The Bertz CT molecular complexity index is 665. The van der Waals surface area contributed by atoms with Crippen LogP contribution in [0.4, 0.5) is 5.95 Å².